The van der Waals surface area contributed by atoms with Crippen molar-refractivity contribution in [3.8, 4) is 0 Å². The summed E-state index contributed by atoms with van der Waals surface area (Å²) in [5, 5.41) is 12.4. The van der Waals surface area contributed by atoms with Crippen LogP contribution in [0.4, 0.5) is 0 Å². The number of carboxylic acid groups (broad SMARTS) is 1. The van der Waals surface area contributed by atoms with E-state index in [0.29, 0.717) is 24.6 Å². The number of aryl methyl sites for hydroxylation is 1. The smallest absolute Gasteiger partial charge is 0.331 e. The summed E-state index contributed by atoms with van der Waals surface area (Å²) in [6.45, 7) is 2.49. The van der Waals surface area contributed by atoms with E-state index in [2.05, 4.69) is 29.6 Å². The number of aliphatic carboxylic acids is 1. The summed E-state index contributed by atoms with van der Waals surface area (Å²) < 4.78 is 0. The van der Waals surface area contributed by atoms with Gasteiger partial charge >= 0.3 is 5.97 Å². The van der Waals surface area contributed by atoms with E-state index in [0.717, 1.165) is 12.8 Å². The molecule has 0 radical (unpaired) electrons. The summed E-state index contributed by atoms with van der Waals surface area (Å²) in [6, 6.07) is 8.87. The number of hydrogen-bond acceptors (Lipinski definition) is 2. The Bertz CT molecular complexity index is 479. The van der Waals surface area contributed by atoms with Crippen LogP contribution in [0.3, 0.4) is 0 Å². The minimum atomic E-state index is -0.812. The fraction of sp³-hybridized carbons (Fsp3) is 0.438. The van der Waals surface area contributed by atoms with Crippen LogP contribution in [0.25, 0.3) is 0 Å². The Kier molecular flexibility index (Phi) is 4.74. The molecule has 0 fully saturated rings. The first-order valence-corrected chi connectivity index (χ1v) is 6.96. The van der Waals surface area contributed by atoms with Crippen molar-refractivity contribution < 1.29 is 9.90 Å². The zero-order valence-electron chi connectivity index (χ0n) is 11.4. The lowest BCUT2D eigenvalue weighted by Crippen LogP contribution is -2.25. The number of fused-ring (bicyclic) bond motifs is 1. The second-order valence-electron chi connectivity index (χ2n) is 4.94. The average molecular weight is 259 g/mol. The highest BCUT2D eigenvalue weighted by Gasteiger charge is 2.18. The molecule has 2 N–H and O–H groups in total. The van der Waals surface area contributed by atoms with Gasteiger partial charge in [0.05, 0.1) is 0 Å². The van der Waals surface area contributed by atoms with Crippen LogP contribution in [0, 0.1) is 0 Å². The lowest BCUT2D eigenvalue weighted by molar-refractivity contribution is -0.132. The Morgan fingerprint density at radius 1 is 1.47 bits per heavy atom. The zero-order chi connectivity index (χ0) is 13.7. The van der Waals surface area contributed by atoms with Gasteiger partial charge in [-0.05, 0) is 36.8 Å². The molecular formula is C16H21NO2. The predicted molar refractivity (Wildman–Crippen MR) is 76.1 cm³/mol. The lowest BCUT2D eigenvalue weighted by atomic mass is 9.88. The molecule has 2 rings (SSSR count). The van der Waals surface area contributed by atoms with E-state index in [4.69, 9.17) is 5.11 Å². The van der Waals surface area contributed by atoms with E-state index in [9.17, 15) is 4.79 Å². The highest BCUT2D eigenvalue weighted by atomic mass is 16.4. The van der Waals surface area contributed by atoms with Crippen LogP contribution < -0.4 is 5.32 Å². The van der Waals surface area contributed by atoms with Crippen molar-refractivity contribution >= 4 is 5.97 Å². The van der Waals surface area contributed by atoms with Gasteiger partial charge in [0.25, 0.3) is 0 Å². The fourth-order valence-electron chi connectivity index (χ4n) is 2.67. The van der Waals surface area contributed by atoms with E-state index >= 15 is 0 Å². The molecule has 0 heterocycles. The third-order valence-electron chi connectivity index (χ3n) is 3.74. The summed E-state index contributed by atoms with van der Waals surface area (Å²) >= 11 is 0. The Balaban J connectivity index is 2.00. The second kappa shape index (κ2) is 6.53. The van der Waals surface area contributed by atoms with Gasteiger partial charge in [-0.1, -0.05) is 37.3 Å². The quantitative estimate of drug-likeness (QED) is 0.799. The SMILES string of the molecule is CC/C(=C/CNC1CCCc2ccccc21)C(=O)O. The molecule has 0 aromatic heterocycles. The molecule has 3 nitrogen and oxygen atoms in total. The maximum absolute atomic E-state index is 10.9. The summed E-state index contributed by atoms with van der Waals surface area (Å²) in [5.74, 6) is -0.812. The monoisotopic (exact) mass is 259 g/mol. The van der Waals surface area contributed by atoms with Crippen molar-refractivity contribution in [2.75, 3.05) is 6.54 Å². The Hall–Kier alpha value is -1.61. The van der Waals surface area contributed by atoms with E-state index in [1.54, 1.807) is 6.08 Å². The van der Waals surface area contributed by atoms with Crippen LogP contribution in [0.2, 0.25) is 0 Å². The number of benzene rings is 1. The molecule has 0 saturated heterocycles. The van der Waals surface area contributed by atoms with Gasteiger partial charge in [-0.15, -0.1) is 0 Å². The van der Waals surface area contributed by atoms with Crippen molar-refractivity contribution in [2.24, 2.45) is 0 Å². The maximum atomic E-state index is 10.9. The van der Waals surface area contributed by atoms with E-state index in [1.165, 1.54) is 17.5 Å². The maximum Gasteiger partial charge on any atom is 0.331 e. The Morgan fingerprint density at radius 2 is 2.26 bits per heavy atom. The second-order valence-corrected chi connectivity index (χ2v) is 4.94. The number of carbonyl (C=O) groups is 1. The third kappa shape index (κ3) is 3.44. The molecular weight excluding hydrogens is 238 g/mol. The molecule has 3 heteroatoms. The number of nitrogens with one attached hydrogen (secondary N) is 1. The largest absolute Gasteiger partial charge is 0.478 e. The molecule has 102 valence electrons. The Labute approximate surface area is 114 Å². The van der Waals surface area contributed by atoms with E-state index < -0.39 is 5.97 Å². The average Bonchev–Trinajstić information content (AvgIpc) is 2.43. The van der Waals surface area contributed by atoms with E-state index in [1.807, 2.05) is 6.92 Å². The minimum Gasteiger partial charge on any atom is -0.478 e. The predicted octanol–water partition coefficient (Wildman–Crippen LogP) is 3.07. The third-order valence-corrected chi connectivity index (χ3v) is 3.74. The molecule has 1 aliphatic rings. The molecule has 1 unspecified atom stereocenters. The van der Waals surface area contributed by atoms with Gasteiger partial charge in [-0.25, -0.2) is 4.79 Å². The summed E-state index contributed by atoms with van der Waals surface area (Å²) in [5.41, 5.74) is 3.27. The van der Waals surface area contributed by atoms with Crippen molar-refractivity contribution in [1.82, 2.24) is 5.32 Å². The van der Waals surface area contributed by atoms with Gasteiger partial charge < -0.3 is 10.4 Å². The topological polar surface area (TPSA) is 49.3 Å². The van der Waals surface area contributed by atoms with Gasteiger partial charge in [0.15, 0.2) is 0 Å². The molecule has 1 atom stereocenters. The van der Waals surface area contributed by atoms with Crippen LogP contribution in [0.1, 0.15) is 43.4 Å². The molecule has 19 heavy (non-hydrogen) atoms. The molecule has 1 aromatic rings. The summed E-state index contributed by atoms with van der Waals surface area (Å²) in [4.78, 5) is 10.9. The first-order chi connectivity index (χ1) is 9.22. The van der Waals surface area contributed by atoms with Crippen LogP contribution in [0.15, 0.2) is 35.9 Å². The van der Waals surface area contributed by atoms with Crippen LogP contribution >= 0.6 is 0 Å². The van der Waals surface area contributed by atoms with Crippen molar-refractivity contribution in [2.45, 2.75) is 38.6 Å². The number of hydrogen-bond donors (Lipinski definition) is 2. The minimum absolute atomic E-state index is 0.355. The fourth-order valence-corrected chi connectivity index (χ4v) is 2.67. The van der Waals surface area contributed by atoms with Crippen molar-refractivity contribution in [3.05, 3.63) is 47.0 Å². The van der Waals surface area contributed by atoms with Gasteiger partial charge in [0.2, 0.25) is 0 Å². The molecule has 1 aliphatic carbocycles. The first-order valence-electron chi connectivity index (χ1n) is 6.96. The highest BCUT2D eigenvalue weighted by molar-refractivity contribution is 5.86. The molecule has 0 spiro atoms. The van der Waals surface area contributed by atoms with Crippen molar-refractivity contribution in [1.29, 1.82) is 0 Å². The Morgan fingerprint density at radius 3 is 3.00 bits per heavy atom. The normalized spacial score (nSPS) is 19.0. The lowest BCUT2D eigenvalue weighted by Gasteiger charge is -2.26. The first kappa shape index (κ1) is 13.8. The van der Waals surface area contributed by atoms with Crippen molar-refractivity contribution in [3.63, 3.8) is 0 Å². The molecule has 0 bridgehead atoms. The molecule has 1 aromatic carbocycles. The van der Waals surface area contributed by atoms with Gasteiger partial charge in [-0.2, -0.15) is 0 Å². The van der Waals surface area contributed by atoms with Gasteiger partial charge in [0.1, 0.15) is 0 Å². The van der Waals surface area contributed by atoms with Crippen LogP contribution in [-0.2, 0) is 11.2 Å². The standard InChI is InChI=1S/C16H21NO2/c1-2-12(16(18)19)10-11-17-15-9-5-7-13-6-3-4-8-14(13)15/h3-4,6,8,10,15,17H,2,5,7,9,11H2,1H3,(H,18,19)/b12-10-. The van der Waals surface area contributed by atoms with Gasteiger partial charge in [-0.3, -0.25) is 0 Å². The molecule has 0 amide bonds. The highest BCUT2D eigenvalue weighted by Crippen LogP contribution is 2.29. The van der Waals surface area contributed by atoms with E-state index in [-0.39, 0.29) is 0 Å². The summed E-state index contributed by atoms with van der Waals surface area (Å²) in [7, 11) is 0. The summed E-state index contributed by atoms with van der Waals surface area (Å²) in [6.07, 6.45) is 5.83. The zero-order valence-corrected chi connectivity index (χ0v) is 11.4. The number of carboxylic acids is 1. The number of rotatable bonds is 5. The van der Waals surface area contributed by atoms with Gasteiger partial charge in [0, 0.05) is 18.2 Å². The van der Waals surface area contributed by atoms with Crippen LogP contribution in [0.5, 0.6) is 0 Å². The van der Waals surface area contributed by atoms with Crippen LogP contribution in [-0.4, -0.2) is 17.6 Å². The molecule has 0 saturated carbocycles. The molecule has 0 aliphatic heterocycles.